The molecule has 0 spiro atoms. The number of nitrogens with zero attached hydrogens (tertiary/aromatic N) is 1. The first-order valence-electron chi connectivity index (χ1n) is 7.45. The van der Waals surface area contributed by atoms with Crippen LogP contribution in [0.4, 0.5) is 0 Å². The summed E-state index contributed by atoms with van der Waals surface area (Å²) in [5.41, 5.74) is 0.687. The molecule has 0 aliphatic heterocycles. The Balaban J connectivity index is 2.35. The minimum Gasteiger partial charge on any atom is -0.507 e. The van der Waals surface area contributed by atoms with E-state index in [1.165, 1.54) is 25.1 Å². The topological polar surface area (TPSA) is 78.8 Å². The molecular formula is C15H23BrN2O3S. The smallest absolute Gasteiger partial charge is 0.247 e. The molecule has 0 aliphatic carbocycles. The lowest BCUT2D eigenvalue weighted by molar-refractivity contribution is 0.472. The van der Waals surface area contributed by atoms with Gasteiger partial charge in [-0.3, -0.25) is 0 Å². The molecule has 1 aromatic rings. The third-order valence-electron chi connectivity index (χ3n) is 3.14. The molecule has 0 fully saturated rings. The van der Waals surface area contributed by atoms with Gasteiger partial charge in [-0.1, -0.05) is 39.0 Å². The number of phenolic OH excluding ortho intramolecular Hbond substituents is 1. The van der Waals surface area contributed by atoms with E-state index in [4.69, 9.17) is 0 Å². The van der Waals surface area contributed by atoms with Crippen LogP contribution in [-0.2, 0) is 10.0 Å². The summed E-state index contributed by atoms with van der Waals surface area (Å²) in [6.07, 6.45) is 7.61. The van der Waals surface area contributed by atoms with Crippen molar-refractivity contribution in [1.29, 1.82) is 0 Å². The van der Waals surface area contributed by atoms with Crippen molar-refractivity contribution in [2.45, 2.75) is 45.4 Å². The van der Waals surface area contributed by atoms with Crippen LogP contribution >= 0.6 is 15.9 Å². The quantitative estimate of drug-likeness (QED) is 0.362. The van der Waals surface area contributed by atoms with E-state index in [9.17, 15) is 13.5 Å². The molecule has 0 heterocycles. The molecule has 0 unspecified atom stereocenters. The van der Waals surface area contributed by atoms with Crippen LogP contribution in [0.1, 0.15) is 51.0 Å². The van der Waals surface area contributed by atoms with E-state index in [1.54, 1.807) is 12.1 Å². The number of aromatic hydroxyl groups is 1. The summed E-state index contributed by atoms with van der Waals surface area (Å²) in [4.78, 5) is 2.21. The summed E-state index contributed by atoms with van der Waals surface area (Å²) in [6, 6.07) is 4.81. The van der Waals surface area contributed by atoms with Crippen molar-refractivity contribution in [2.75, 3.05) is 5.75 Å². The lowest BCUT2D eigenvalue weighted by atomic mass is 10.1. The van der Waals surface area contributed by atoms with Crippen molar-refractivity contribution in [3.05, 3.63) is 28.2 Å². The first-order valence-corrected chi connectivity index (χ1v) is 9.90. The van der Waals surface area contributed by atoms with Gasteiger partial charge in [-0.2, -0.15) is 5.10 Å². The zero-order chi connectivity index (χ0) is 16.4. The lowest BCUT2D eigenvalue weighted by Crippen LogP contribution is -2.21. The zero-order valence-corrected chi connectivity index (χ0v) is 15.2. The first-order chi connectivity index (χ1) is 10.4. The number of hydrogen-bond acceptors (Lipinski definition) is 4. The van der Waals surface area contributed by atoms with E-state index in [-0.39, 0.29) is 11.5 Å². The second-order valence-corrected chi connectivity index (χ2v) is 7.82. The number of unbranched alkanes of at least 4 members (excludes halogenated alkanes) is 5. The van der Waals surface area contributed by atoms with Gasteiger partial charge in [-0.25, -0.2) is 13.2 Å². The highest BCUT2D eigenvalue weighted by Crippen LogP contribution is 2.23. The number of benzene rings is 1. The van der Waals surface area contributed by atoms with Crippen molar-refractivity contribution in [3.63, 3.8) is 0 Å². The molecule has 0 bridgehead atoms. The Hall–Kier alpha value is -1.08. The van der Waals surface area contributed by atoms with Crippen LogP contribution in [0.2, 0.25) is 0 Å². The highest BCUT2D eigenvalue weighted by Gasteiger charge is 2.07. The van der Waals surface area contributed by atoms with Gasteiger partial charge in [0.2, 0.25) is 10.0 Å². The maximum atomic E-state index is 11.8. The molecule has 0 saturated heterocycles. The highest BCUT2D eigenvalue weighted by molar-refractivity contribution is 9.10. The summed E-state index contributed by atoms with van der Waals surface area (Å²) in [7, 11) is -3.37. The van der Waals surface area contributed by atoms with Gasteiger partial charge in [0.25, 0.3) is 0 Å². The minimum atomic E-state index is -3.37. The van der Waals surface area contributed by atoms with Crippen LogP contribution in [0.5, 0.6) is 5.75 Å². The summed E-state index contributed by atoms with van der Waals surface area (Å²) in [5, 5.41) is 13.1. The molecule has 124 valence electrons. The van der Waals surface area contributed by atoms with Crippen LogP contribution in [-0.4, -0.2) is 25.5 Å². The summed E-state index contributed by atoms with van der Waals surface area (Å²) >= 11 is 3.19. The molecule has 0 aliphatic rings. The number of phenols is 1. The van der Waals surface area contributed by atoms with Crippen LogP contribution in [0.3, 0.4) is 0 Å². The Kier molecular flexibility index (Phi) is 8.48. The fourth-order valence-electron chi connectivity index (χ4n) is 1.90. The van der Waals surface area contributed by atoms with Crippen molar-refractivity contribution < 1.29 is 13.5 Å². The molecule has 0 saturated carbocycles. The number of nitrogens with one attached hydrogen (secondary N) is 1. The van der Waals surface area contributed by atoms with E-state index >= 15 is 0 Å². The van der Waals surface area contributed by atoms with Gasteiger partial charge in [0.05, 0.1) is 16.4 Å². The predicted molar refractivity (Wildman–Crippen MR) is 93.7 cm³/mol. The highest BCUT2D eigenvalue weighted by atomic mass is 79.9. The molecule has 7 heteroatoms. The number of halogens is 1. The summed E-state index contributed by atoms with van der Waals surface area (Å²) < 4.78 is 24.0. The van der Waals surface area contributed by atoms with E-state index in [0.29, 0.717) is 16.5 Å². The van der Waals surface area contributed by atoms with Crippen molar-refractivity contribution >= 4 is 32.2 Å². The Morgan fingerprint density at radius 3 is 2.59 bits per heavy atom. The number of hydrazone groups is 1. The first kappa shape index (κ1) is 19.0. The van der Waals surface area contributed by atoms with Crippen LogP contribution in [0, 0.1) is 0 Å². The Morgan fingerprint density at radius 1 is 1.23 bits per heavy atom. The zero-order valence-electron chi connectivity index (χ0n) is 12.8. The molecule has 0 atom stereocenters. The summed E-state index contributed by atoms with van der Waals surface area (Å²) in [6.45, 7) is 2.15. The lowest BCUT2D eigenvalue weighted by Gasteiger charge is -2.03. The average Bonchev–Trinajstić information content (AvgIpc) is 2.46. The molecule has 2 N–H and O–H groups in total. The minimum absolute atomic E-state index is 0.0930. The van der Waals surface area contributed by atoms with E-state index in [1.807, 2.05) is 0 Å². The second kappa shape index (κ2) is 9.84. The van der Waals surface area contributed by atoms with Crippen molar-refractivity contribution in [2.24, 2.45) is 5.10 Å². The number of rotatable bonds is 10. The fourth-order valence-corrected chi connectivity index (χ4v) is 3.19. The predicted octanol–water partition coefficient (Wildman–Crippen LogP) is 3.77. The maximum absolute atomic E-state index is 11.8. The molecule has 1 aromatic carbocycles. The largest absolute Gasteiger partial charge is 0.507 e. The molecule has 0 aromatic heterocycles. The van der Waals surface area contributed by atoms with Crippen LogP contribution in [0.25, 0.3) is 0 Å². The SMILES string of the molecule is CCCCCCCCS(=O)(=O)NN=Cc1ccc(O)c(Br)c1. The Bertz CT molecular complexity index is 588. The third kappa shape index (κ3) is 7.79. The van der Waals surface area contributed by atoms with Crippen molar-refractivity contribution in [1.82, 2.24) is 4.83 Å². The maximum Gasteiger partial charge on any atom is 0.247 e. The average molecular weight is 391 g/mol. The Labute approximate surface area is 141 Å². The molecule has 22 heavy (non-hydrogen) atoms. The van der Waals surface area contributed by atoms with E-state index in [2.05, 4.69) is 32.8 Å². The normalized spacial score (nSPS) is 11.9. The van der Waals surface area contributed by atoms with Crippen LogP contribution in [0.15, 0.2) is 27.8 Å². The number of sulfonamides is 1. The van der Waals surface area contributed by atoms with Crippen LogP contribution < -0.4 is 4.83 Å². The van der Waals surface area contributed by atoms with Gasteiger partial charge < -0.3 is 5.11 Å². The number of hydrogen-bond donors (Lipinski definition) is 2. The van der Waals surface area contributed by atoms with E-state index in [0.717, 1.165) is 19.3 Å². The van der Waals surface area contributed by atoms with Gasteiger partial charge in [0.1, 0.15) is 5.75 Å². The Morgan fingerprint density at radius 2 is 1.91 bits per heavy atom. The van der Waals surface area contributed by atoms with Crippen molar-refractivity contribution in [3.8, 4) is 5.75 Å². The second-order valence-electron chi connectivity index (χ2n) is 5.15. The van der Waals surface area contributed by atoms with Gasteiger partial charge in [-0.05, 0) is 46.1 Å². The van der Waals surface area contributed by atoms with Gasteiger partial charge in [0.15, 0.2) is 0 Å². The molecular weight excluding hydrogens is 368 g/mol. The molecule has 0 amide bonds. The van der Waals surface area contributed by atoms with E-state index < -0.39 is 10.0 Å². The van der Waals surface area contributed by atoms with Gasteiger partial charge in [-0.15, -0.1) is 0 Å². The monoisotopic (exact) mass is 390 g/mol. The van der Waals surface area contributed by atoms with Gasteiger partial charge >= 0.3 is 0 Å². The third-order valence-corrected chi connectivity index (χ3v) is 4.99. The van der Waals surface area contributed by atoms with Gasteiger partial charge in [0, 0.05) is 0 Å². The molecule has 0 radical (unpaired) electrons. The molecule has 5 nitrogen and oxygen atoms in total. The molecule has 1 rings (SSSR count). The standard InChI is InChI=1S/C15H23BrN2O3S/c1-2-3-4-5-6-7-10-22(20,21)18-17-12-13-8-9-15(19)14(16)11-13/h8-9,11-12,18-19H,2-7,10H2,1H3. The fraction of sp³-hybridized carbons (Fsp3) is 0.533. The summed E-state index contributed by atoms with van der Waals surface area (Å²) in [5.74, 6) is 0.219.